The Hall–Kier alpha value is -2.24. The maximum absolute atomic E-state index is 11.7. The van der Waals surface area contributed by atoms with Crippen molar-refractivity contribution < 1.29 is 19.2 Å². The molecule has 1 rings (SSSR count). The number of hydrogen-bond acceptors (Lipinski definition) is 5. The van der Waals surface area contributed by atoms with Gasteiger partial charge in [0.15, 0.2) is 0 Å². The monoisotopic (exact) mass is 265 g/mol. The molecule has 2 atom stereocenters. The molecule has 0 spiro atoms. The second kappa shape index (κ2) is 6.08. The first-order valence-electron chi connectivity index (χ1n) is 5.67. The topological polar surface area (TPSA) is 86.5 Å². The molecule has 19 heavy (non-hydrogen) atoms. The maximum Gasteiger partial charge on any atom is 0.316 e. The number of nitrogens with zero attached hydrogens (tertiary/aromatic N) is 1. The van der Waals surface area contributed by atoms with E-state index >= 15 is 0 Å². The third-order valence-electron chi connectivity index (χ3n) is 3.18. The minimum atomic E-state index is -1.29. The van der Waals surface area contributed by atoms with Gasteiger partial charge in [0.1, 0.15) is 12.2 Å². The van der Waals surface area contributed by atoms with Crippen molar-refractivity contribution in [1.82, 2.24) is 0 Å². The SMILES string of the molecule is COC(=O)C(C[N+](=O)[O-])C(C)(C=O)c1ccccc1. The number of methoxy groups -OCH3 is 1. The molecule has 0 saturated heterocycles. The number of benzene rings is 1. The predicted molar refractivity (Wildman–Crippen MR) is 67.2 cm³/mol. The zero-order valence-corrected chi connectivity index (χ0v) is 10.7. The van der Waals surface area contributed by atoms with Crippen LogP contribution in [0.5, 0.6) is 0 Å². The smallest absolute Gasteiger partial charge is 0.316 e. The molecule has 6 heteroatoms. The van der Waals surface area contributed by atoms with Gasteiger partial charge in [0, 0.05) is 4.92 Å². The molecule has 0 heterocycles. The molecule has 0 aliphatic carbocycles. The van der Waals surface area contributed by atoms with Crippen LogP contribution in [-0.2, 0) is 19.7 Å². The Bertz CT molecular complexity index is 473. The molecular weight excluding hydrogens is 250 g/mol. The van der Waals surface area contributed by atoms with E-state index in [4.69, 9.17) is 0 Å². The van der Waals surface area contributed by atoms with Gasteiger partial charge in [-0.15, -0.1) is 0 Å². The van der Waals surface area contributed by atoms with Gasteiger partial charge in [-0.25, -0.2) is 0 Å². The Labute approximate surface area is 110 Å². The van der Waals surface area contributed by atoms with Gasteiger partial charge in [0.2, 0.25) is 6.54 Å². The number of ether oxygens (including phenoxy) is 1. The van der Waals surface area contributed by atoms with Crippen LogP contribution in [0.25, 0.3) is 0 Å². The van der Waals surface area contributed by atoms with Crippen molar-refractivity contribution in [2.45, 2.75) is 12.3 Å². The molecule has 0 radical (unpaired) electrons. The lowest BCUT2D eigenvalue weighted by molar-refractivity contribution is -0.487. The van der Waals surface area contributed by atoms with Crippen LogP contribution in [-0.4, -0.2) is 30.8 Å². The van der Waals surface area contributed by atoms with Gasteiger partial charge in [-0.05, 0) is 12.5 Å². The van der Waals surface area contributed by atoms with Crippen LogP contribution in [0.15, 0.2) is 30.3 Å². The van der Waals surface area contributed by atoms with E-state index in [0.717, 1.165) is 7.11 Å². The Morgan fingerprint density at radius 1 is 1.47 bits per heavy atom. The molecule has 0 aliphatic rings. The summed E-state index contributed by atoms with van der Waals surface area (Å²) in [5.74, 6) is -1.93. The average Bonchev–Trinajstić information content (AvgIpc) is 2.44. The summed E-state index contributed by atoms with van der Waals surface area (Å²) in [6, 6.07) is 8.49. The van der Waals surface area contributed by atoms with E-state index < -0.39 is 28.8 Å². The van der Waals surface area contributed by atoms with Crippen LogP contribution >= 0.6 is 0 Å². The Morgan fingerprint density at radius 3 is 2.47 bits per heavy atom. The second-order valence-electron chi connectivity index (χ2n) is 4.36. The highest BCUT2D eigenvalue weighted by Crippen LogP contribution is 2.31. The summed E-state index contributed by atoms with van der Waals surface area (Å²) in [7, 11) is 1.14. The van der Waals surface area contributed by atoms with Crippen LogP contribution in [0.1, 0.15) is 12.5 Å². The van der Waals surface area contributed by atoms with Gasteiger partial charge < -0.3 is 9.53 Å². The number of esters is 1. The predicted octanol–water partition coefficient (Wildman–Crippen LogP) is 1.21. The highest BCUT2D eigenvalue weighted by molar-refractivity contribution is 5.82. The number of hydrogen-bond donors (Lipinski definition) is 0. The second-order valence-corrected chi connectivity index (χ2v) is 4.36. The van der Waals surface area contributed by atoms with E-state index in [9.17, 15) is 19.7 Å². The molecule has 1 aromatic carbocycles. The van der Waals surface area contributed by atoms with Crippen molar-refractivity contribution in [3.8, 4) is 0 Å². The summed E-state index contributed by atoms with van der Waals surface area (Å²) in [4.78, 5) is 33.3. The van der Waals surface area contributed by atoms with Crippen LogP contribution in [0.2, 0.25) is 0 Å². The molecule has 102 valence electrons. The molecule has 0 N–H and O–H groups in total. The lowest BCUT2D eigenvalue weighted by atomic mass is 9.73. The summed E-state index contributed by atoms with van der Waals surface area (Å²) in [5.41, 5.74) is -0.747. The Balaban J connectivity index is 3.25. The quantitative estimate of drug-likeness (QED) is 0.334. The third-order valence-corrected chi connectivity index (χ3v) is 3.18. The van der Waals surface area contributed by atoms with Crippen LogP contribution in [0.3, 0.4) is 0 Å². The zero-order valence-electron chi connectivity index (χ0n) is 10.7. The van der Waals surface area contributed by atoms with Crippen LogP contribution in [0, 0.1) is 16.0 Å². The fourth-order valence-electron chi connectivity index (χ4n) is 1.95. The van der Waals surface area contributed by atoms with Gasteiger partial charge in [-0.1, -0.05) is 30.3 Å². The summed E-state index contributed by atoms with van der Waals surface area (Å²) >= 11 is 0. The zero-order chi connectivity index (χ0) is 14.5. The highest BCUT2D eigenvalue weighted by atomic mass is 16.6. The van der Waals surface area contributed by atoms with Gasteiger partial charge in [0.05, 0.1) is 12.5 Å². The van der Waals surface area contributed by atoms with Crippen LogP contribution in [0.4, 0.5) is 0 Å². The summed E-state index contributed by atoms with van der Waals surface area (Å²) in [5, 5.41) is 10.7. The average molecular weight is 265 g/mol. The van der Waals surface area contributed by atoms with Crippen molar-refractivity contribution in [3.63, 3.8) is 0 Å². The third kappa shape index (κ3) is 3.15. The normalized spacial score (nSPS) is 15.1. The lowest BCUT2D eigenvalue weighted by Crippen LogP contribution is -2.43. The molecule has 0 bridgehead atoms. The van der Waals surface area contributed by atoms with Crippen molar-refractivity contribution in [3.05, 3.63) is 46.0 Å². The Morgan fingerprint density at radius 2 is 2.05 bits per heavy atom. The summed E-state index contributed by atoms with van der Waals surface area (Å²) in [6.45, 7) is 0.844. The van der Waals surface area contributed by atoms with E-state index in [1.165, 1.54) is 6.92 Å². The van der Waals surface area contributed by atoms with Crippen molar-refractivity contribution in [1.29, 1.82) is 0 Å². The molecule has 0 aliphatic heterocycles. The molecule has 1 aromatic rings. The first-order chi connectivity index (χ1) is 8.95. The number of aldehydes is 1. The van der Waals surface area contributed by atoms with Gasteiger partial charge in [0.25, 0.3) is 0 Å². The highest BCUT2D eigenvalue weighted by Gasteiger charge is 2.44. The van der Waals surface area contributed by atoms with E-state index in [1.54, 1.807) is 30.3 Å². The van der Waals surface area contributed by atoms with E-state index in [1.807, 2.05) is 0 Å². The molecule has 0 amide bonds. The van der Waals surface area contributed by atoms with Crippen molar-refractivity contribution in [2.24, 2.45) is 5.92 Å². The van der Waals surface area contributed by atoms with E-state index in [0.29, 0.717) is 11.8 Å². The number of nitro groups is 1. The van der Waals surface area contributed by atoms with Gasteiger partial charge in [-0.3, -0.25) is 14.9 Å². The largest absolute Gasteiger partial charge is 0.469 e. The molecule has 0 fully saturated rings. The molecular formula is C13H15NO5. The van der Waals surface area contributed by atoms with E-state index in [-0.39, 0.29) is 0 Å². The fourth-order valence-corrected chi connectivity index (χ4v) is 1.95. The lowest BCUT2D eigenvalue weighted by Gasteiger charge is -2.28. The fraction of sp³-hybridized carbons (Fsp3) is 0.385. The first kappa shape index (κ1) is 14.8. The van der Waals surface area contributed by atoms with Gasteiger partial charge >= 0.3 is 5.97 Å². The van der Waals surface area contributed by atoms with E-state index in [2.05, 4.69) is 4.74 Å². The van der Waals surface area contributed by atoms with Crippen molar-refractivity contribution in [2.75, 3.05) is 13.7 Å². The number of rotatable bonds is 6. The summed E-state index contributed by atoms with van der Waals surface area (Å²) in [6.07, 6.45) is 0.563. The first-order valence-corrected chi connectivity index (χ1v) is 5.67. The standard InChI is InChI=1S/C13H15NO5/c1-13(9-15,10-6-4-3-5-7-10)11(8-14(17)18)12(16)19-2/h3-7,9,11H,8H2,1-2H3. The number of carbonyl (C=O) groups is 2. The molecule has 6 nitrogen and oxygen atoms in total. The number of carbonyl (C=O) groups excluding carboxylic acids is 2. The minimum absolute atomic E-state index is 0.544. The van der Waals surface area contributed by atoms with Crippen molar-refractivity contribution >= 4 is 12.3 Å². The molecule has 0 saturated carbocycles. The van der Waals surface area contributed by atoms with Gasteiger partial charge in [-0.2, -0.15) is 0 Å². The minimum Gasteiger partial charge on any atom is -0.469 e. The summed E-state index contributed by atoms with van der Waals surface area (Å²) < 4.78 is 4.58. The maximum atomic E-state index is 11.7. The van der Waals surface area contributed by atoms with Crippen LogP contribution < -0.4 is 0 Å². The molecule has 2 unspecified atom stereocenters. The Kier molecular flexibility index (Phi) is 4.74. The molecule has 0 aromatic heterocycles.